The number of aromatic nitrogens is 3. The van der Waals surface area contributed by atoms with Crippen molar-refractivity contribution in [2.24, 2.45) is 12.5 Å². The first-order chi connectivity index (χ1) is 20.0. The van der Waals surface area contributed by atoms with Crippen molar-refractivity contribution in [2.75, 3.05) is 51.3 Å². The molecule has 0 saturated carbocycles. The van der Waals surface area contributed by atoms with Crippen LogP contribution in [0.2, 0.25) is 0 Å². The lowest BCUT2D eigenvalue weighted by molar-refractivity contribution is -0.138. The Morgan fingerprint density at radius 2 is 1.81 bits per heavy atom. The van der Waals surface area contributed by atoms with Crippen LogP contribution in [0.1, 0.15) is 51.3 Å². The molecule has 1 amide bonds. The summed E-state index contributed by atoms with van der Waals surface area (Å²) >= 11 is 0. The van der Waals surface area contributed by atoms with Crippen LogP contribution >= 0.6 is 0 Å². The molecule has 0 unspecified atom stereocenters. The zero-order valence-electron chi connectivity index (χ0n) is 24.0. The largest absolute Gasteiger partial charge is 0.416 e. The summed E-state index contributed by atoms with van der Waals surface area (Å²) in [6.45, 7) is 5.20. The minimum atomic E-state index is -4.55. The molecule has 1 aromatic heterocycles. The van der Waals surface area contributed by atoms with E-state index < -0.39 is 17.6 Å². The molecule has 0 aliphatic carbocycles. The lowest BCUT2D eigenvalue weighted by atomic mass is 9.72. The Kier molecular flexibility index (Phi) is 6.49. The van der Waals surface area contributed by atoms with Crippen molar-refractivity contribution in [1.29, 1.82) is 0 Å². The highest BCUT2D eigenvalue weighted by atomic mass is 19.4. The highest BCUT2D eigenvalue weighted by molar-refractivity contribution is 6.10. The molecule has 4 aliphatic heterocycles. The zero-order chi connectivity index (χ0) is 29.3. The van der Waals surface area contributed by atoms with Gasteiger partial charge in [0, 0.05) is 49.8 Å². The monoisotopic (exact) mass is 580 g/mol. The molecule has 0 N–H and O–H groups in total. The summed E-state index contributed by atoms with van der Waals surface area (Å²) in [5, 5.41) is 8.21. The molecule has 0 bridgehead atoms. The molecule has 8 nitrogen and oxygen atoms in total. The van der Waals surface area contributed by atoms with Gasteiger partial charge in [-0.05, 0) is 79.3 Å². The predicted octanol–water partition coefficient (Wildman–Crippen LogP) is 4.03. The number of hydrogen-bond donors (Lipinski definition) is 0. The summed E-state index contributed by atoms with van der Waals surface area (Å²) in [4.78, 5) is 19.7. The van der Waals surface area contributed by atoms with Gasteiger partial charge in [-0.3, -0.25) is 9.69 Å². The molecule has 4 aliphatic rings. The summed E-state index contributed by atoms with van der Waals surface area (Å²) in [6, 6.07) is 10.5. The van der Waals surface area contributed by atoms with Gasteiger partial charge in [0.25, 0.3) is 5.91 Å². The van der Waals surface area contributed by atoms with Crippen molar-refractivity contribution in [3.05, 3.63) is 76.4 Å². The van der Waals surface area contributed by atoms with Crippen LogP contribution < -0.4 is 4.90 Å². The number of likely N-dealkylation sites (tertiary alicyclic amines) is 2. The molecule has 0 radical (unpaired) electrons. The third-order valence-electron chi connectivity index (χ3n) is 9.81. The summed E-state index contributed by atoms with van der Waals surface area (Å²) < 4.78 is 50.5. The minimum absolute atomic E-state index is 0.0535. The van der Waals surface area contributed by atoms with Gasteiger partial charge in [-0.25, -0.2) is 0 Å². The van der Waals surface area contributed by atoms with Gasteiger partial charge in [-0.15, -0.1) is 10.2 Å². The van der Waals surface area contributed by atoms with Gasteiger partial charge in [0.05, 0.1) is 25.3 Å². The fourth-order valence-electron chi connectivity index (χ4n) is 7.20. The molecule has 5 heterocycles. The molecule has 0 atom stereocenters. The molecule has 222 valence electrons. The Labute approximate surface area is 243 Å². The van der Waals surface area contributed by atoms with Crippen LogP contribution in [0.25, 0.3) is 0 Å². The summed E-state index contributed by atoms with van der Waals surface area (Å²) in [5.41, 5.74) is 1.54. The lowest BCUT2D eigenvalue weighted by Crippen LogP contribution is -2.59. The van der Waals surface area contributed by atoms with E-state index in [0.29, 0.717) is 37.4 Å². The molecule has 42 heavy (non-hydrogen) atoms. The number of alkyl halides is 3. The number of aryl methyl sites for hydroxylation is 1. The van der Waals surface area contributed by atoms with Gasteiger partial charge in [-0.1, -0.05) is 12.1 Å². The fraction of sp³-hybridized carbons (Fsp3) is 0.516. The second-order valence-corrected chi connectivity index (χ2v) is 12.9. The van der Waals surface area contributed by atoms with Crippen LogP contribution in [0.15, 0.2) is 42.7 Å². The fourth-order valence-corrected chi connectivity index (χ4v) is 7.20. The smallest absolute Gasteiger partial charge is 0.379 e. The van der Waals surface area contributed by atoms with E-state index in [-0.39, 0.29) is 28.5 Å². The van der Waals surface area contributed by atoms with E-state index in [1.807, 2.05) is 29.8 Å². The Balaban J connectivity index is 1.14. The Bertz CT molecular complexity index is 1520. The number of rotatable bonds is 6. The van der Waals surface area contributed by atoms with Crippen LogP contribution in [-0.2, 0) is 42.9 Å². The van der Waals surface area contributed by atoms with Gasteiger partial charge < -0.3 is 19.1 Å². The number of carbonyl (C=O) groups is 1. The SMILES string of the molecule is CN1CCC2(CC1)CN(Cc1cc3c(c(C(F)(F)F)c1)CN(c1cccc(C4(Cc5nncn5C)COC4)c1)C3=O)C2. The Morgan fingerprint density at radius 3 is 2.45 bits per heavy atom. The number of amides is 1. The number of halogens is 3. The number of anilines is 1. The predicted molar refractivity (Wildman–Crippen MR) is 150 cm³/mol. The van der Waals surface area contributed by atoms with Crippen LogP contribution in [0.3, 0.4) is 0 Å². The molecule has 11 heteroatoms. The van der Waals surface area contributed by atoms with E-state index in [1.54, 1.807) is 18.5 Å². The quantitative estimate of drug-likeness (QED) is 0.439. The third kappa shape index (κ3) is 4.71. The topological polar surface area (TPSA) is 66.7 Å². The standard InChI is InChI=1S/C31H35F3N6O2/c1-37-8-6-29(7-9-37)16-39(17-29)14-21-10-24-25(26(11-21)31(32,33)34)15-40(28(24)41)23-5-3-4-22(12-23)30(18-42-19-30)13-27-36-35-20-38(27)2/h3-5,10-12,20H,6-9,13-19H2,1-2H3. The number of fused-ring (bicyclic) bond motifs is 1. The second-order valence-electron chi connectivity index (χ2n) is 12.9. The highest BCUT2D eigenvalue weighted by Crippen LogP contribution is 2.44. The van der Waals surface area contributed by atoms with Crippen molar-refractivity contribution in [2.45, 2.75) is 43.9 Å². The van der Waals surface area contributed by atoms with Crippen molar-refractivity contribution >= 4 is 11.6 Å². The van der Waals surface area contributed by atoms with E-state index in [2.05, 4.69) is 27.0 Å². The Hall–Kier alpha value is -3.28. The van der Waals surface area contributed by atoms with Crippen molar-refractivity contribution in [3.8, 4) is 0 Å². The first-order valence-electron chi connectivity index (χ1n) is 14.5. The third-order valence-corrected chi connectivity index (χ3v) is 9.81. The molecule has 7 rings (SSSR count). The van der Waals surface area contributed by atoms with Gasteiger partial charge in [-0.2, -0.15) is 13.2 Å². The zero-order valence-corrected chi connectivity index (χ0v) is 24.0. The molecule has 3 saturated heterocycles. The van der Waals surface area contributed by atoms with E-state index >= 15 is 0 Å². The van der Waals surface area contributed by atoms with Crippen LogP contribution in [0.5, 0.6) is 0 Å². The van der Waals surface area contributed by atoms with E-state index in [0.717, 1.165) is 50.4 Å². The first kappa shape index (κ1) is 27.5. The van der Waals surface area contributed by atoms with Gasteiger partial charge in [0.15, 0.2) is 0 Å². The number of hydrogen-bond acceptors (Lipinski definition) is 6. The highest BCUT2D eigenvalue weighted by Gasteiger charge is 2.46. The molecule has 2 aromatic carbocycles. The summed E-state index contributed by atoms with van der Waals surface area (Å²) in [7, 11) is 4.02. The molecule has 3 fully saturated rings. The number of ether oxygens (including phenoxy) is 1. The number of piperidine rings is 1. The normalized spacial score (nSPS) is 21.8. The number of carbonyl (C=O) groups excluding carboxylic acids is 1. The van der Waals surface area contributed by atoms with Gasteiger partial charge >= 0.3 is 6.18 Å². The van der Waals surface area contributed by atoms with Crippen molar-refractivity contribution in [1.82, 2.24) is 24.6 Å². The molecule has 3 aromatic rings. The molecular weight excluding hydrogens is 545 g/mol. The summed E-state index contributed by atoms with van der Waals surface area (Å²) in [5.74, 6) is 0.428. The maximum Gasteiger partial charge on any atom is 0.416 e. The second kappa shape index (κ2) is 9.89. The van der Waals surface area contributed by atoms with Crippen LogP contribution in [0, 0.1) is 5.41 Å². The average Bonchev–Trinajstić information content (AvgIpc) is 3.47. The van der Waals surface area contributed by atoms with Crippen LogP contribution in [0.4, 0.5) is 18.9 Å². The van der Waals surface area contributed by atoms with Gasteiger partial charge in [0.2, 0.25) is 0 Å². The average molecular weight is 581 g/mol. The van der Waals surface area contributed by atoms with Crippen molar-refractivity contribution < 1.29 is 22.7 Å². The van der Waals surface area contributed by atoms with Crippen molar-refractivity contribution in [3.63, 3.8) is 0 Å². The first-order valence-corrected chi connectivity index (χ1v) is 14.5. The lowest BCUT2D eigenvalue weighted by Gasteiger charge is -2.54. The van der Waals surface area contributed by atoms with E-state index in [4.69, 9.17) is 4.74 Å². The number of benzene rings is 2. The van der Waals surface area contributed by atoms with E-state index in [1.165, 1.54) is 11.0 Å². The minimum Gasteiger partial charge on any atom is -0.379 e. The molecular formula is C31H35F3N6O2. The van der Waals surface area contributed by atoms with Crippen LogP contribution in [-0.4, -0.2) is 76.9 Å². The Morgan fingerprint density at radius 1 is 1.05 bits per heavy atom. The van der Waals surface area contributed by atoms with Gasteiger partial charge in [0.1, 0.15) is 12.2 Å². The number of nitrogens with zero attached hydrogens (tertiary/aromatic N) is 6. The van der Waals surface area contributed by atoms with E-state index in [9.17, 15) is 18.0 Å². The maximum atomic E-state index is 14.3. The maximum absolute atomic E-state index is 14.3. The molecule has 1 spiro atoms. The summed E-state index contributed by atoms with van der Waals surface area (Å²) in [6.07, 6.45) is -0.0453.